The Hall–Kier alpha value is -1.13. The van der Waals surface area contributed by atoms with Crippen LogP contribution < -0.4 is 10.2 Å². The minimum Gasteiger partial charge on any atom is -0.358 e. The molecule has 19 heavy (non-hydrogen) atoms. The number of thiocarbonyl (C=S) groups is 1. The summed E-state index contributed by atoms with van der Waals surface area (Å²) in [4.78, 5) is 14.3. The molecule has 1 heterocycles. The van der Waals surface area contributed by atoms with Gasteiger partial charge in [-0.05, 0) is 43.6 Å². The van der Waals surface area contributed by atoms with E-state index in [1.165, 1.54) is 0 Å². The smallest absolute Gasteiger partial charge is 0.238 e. The number of halogens is 1. The molecule has 3 rings (SSSR count). The lowest BCUT2D eigenvalue weighted by molar-refractivity contribution is -0.123. The van der Waals surface area contributed by atoms with Gasteiger partial charge in [-0.15, -0.1) is 11.6 Å². The van der Waals surface area contributed by atoms with Gasteiger partial charge in [-0.1, -0.05) is 18.2 Å². The molecule has 100 valence electrons. The number of para-hydroxylation sites is 1. The molecule has 3 nitrogen and oxygen atoms in total. The number of hydrogen-bond acceptors (Lipinski definition) is 2. The molecular formula is C14H15ClN2OS. The van der Waals surface area contributed by atoms with Gasteiger partial charge in [0.2, 0.25) is 5.91 Å². The van der Waals surface area contributed by atoms with Crippen molar-refractivity contribution in [2.45, 2.75) is 30.7 Å². The number of alkyl halides is 1. The maximum Gasteiger partial charge on any atom is 0.238 e. The van der Waals surface area contributed by atoms with Gasteiger partial charge in [-0.25, -0.2) is 0 Å². The van der Waals surface area contributed by atoms with Crippen LogP contribution in [0.3, 0.4) is 0 Å². The molecule has 1 aliphatic heterocycles. The fraction of sp³-hybridized carbons (Fsp3) is 0.429. The highest BCUT2D eigenvalue weighted by atomic mass is 35.5. The number of benzene rings is 1. The molecule has 0 bridgehead atoms. The average Bonchev–Trinajstić information content (AvgIpc) is 2.41. The highest BCUT2D eigenvalue weighted by Crippen LogP contribution is 2.33. The first-order valence-electron chi connectivity index (χ1n) is 6.50. The van der Waals surface area contributed by atoms with E-state index in [1.54, 1.807) is 4.90 Å². The second-order valence-electron chi connectivity index (χ2n) is 5.08. The van der Waals surface area contributed by atoms with Crippen molar-refractivity contribution in [2.75, 3.05) is 4.90 Å². The summed E-state index contributed by atoms with van der Waals surface area (Å²) in [5.41, 5.74) is 0.820. The maximum absolute atomic E-state index is 12.7. The molecule has 3 atom stereocenters. The van der Waals surface area contributed by atoms with E-state index in [0.29, 0.717) is 5.11 Å². The molecule has 1 N–H and O–H groups in total. The topological polar surface area (TPSA) is 32.3 Å². The molecule has 1 aliphatic carbocycles. The normalized spacial score (nSPS) is 30.8. The van der Waals surface area contributed by atoms with E-state index < -0.39 is 0 Å². The van der Waals surface area contributed by atoms with Crippen molar-refractivity contribution in [3.8, 4) is 0 Å². The molecular weight excluding hydrogens is 280 g/mol. The number of carbonyl (C=O) groups is 1. The SMILES string of the molecule is O=C1C2CC(Cl)CCC2NC(=S)N1c1ccccc1. The Balaban J connectivity index is 1.90. The summed E-state index contributed by atoms with van der Waals surface area (Å²) in [6.07, 6.45) is 2.58. The van der Waals surface area contributed by atoms with Crippen LogP contribution in [0.1, 0.15) is 19.3 Å². The predicted octanol–water partition coefficient (Wildman–Crippen LogP) is 2.68. The lowest BCUT2D eigenvalue weighted by Gasteiger charge is -2.42. The molecule has 0 radical (unpaired) electrons. The van der Waals surface area contributed by atoms with Crippen molar-refractivity contribution < 1.29 is 4.79 Å². The van der Waals surface area contributed by atoms with E-state index in [9.17, 15) is 4.79 Å². The number of anilines is 1. The zero-order valence-corrected chi connectivity index (χ0v) is 12.0. The Morgan fingerprint density at radius 3 is 2.74 bits per heavy atom. The van der Waals surface area contributed by atoms with E-state index >= 15 is 0 Å². The molecule has 2 fully saturated rings. The second kappa shape index (κ2) is 5.10. The van der Waals surface area contributed by atoms with E-state index in [1.807, 2.05) is 30.3 Å². The number of fused-ring (bicyclic) bond motifs is 1. The molecule has 1 amide bonds. The molecule has 2 aliphatic rings. The van der Waals surface area contributed by atoms with Crippen molar-refractivity contribution in [2.24, 2.45) is 5.92 Å². The van der Waals surface area contributed by atoms with Gasteiger partial charge in [0.05, 0.1) is 11.6 Å². The lowest BCUT2D eigenvalue weighted by atomic mass is 9.82. The Kier molecular flexibility index (Phi) is 3.46. The van der Waals surface area contributed by atoms with Crippen LogP contribution in [0.4, 0.5) is 5.69 Å². The van der Waals surface area contributed by atoms with E-state index in [4.69, 9.17) is 23.8 Å². The third-order valence-corrected chi connectivity index (χ3v) is 4.55. The third-order valence-electron chi connectivity index (χ3n) is 3.85. The highest BCUT2D eigenvalue weighted by Gasteiger charge is 2.42. The van der Waals surface area contributed by atoms with Crippen molar-refractivity contribution in [1.82, 2.24) is 5.32 Å². The van der Waals surface area contributed by atoms with E-state index in [2.05, 4.69) is 5.32 Å². The first-order valence-corrected chi connectivity index (χ1v) is 7.35. The summed E-state index contributed by atoms with van der Waals surface area (Å²) in [6.45, 7) is 0. The van der Waals surface area contributed by atoms with Crippen molar-refractivity contribution in [3.63, 3.8) is 0 Å². The minimum absolute atomic E-state index is 0.0665. The second-order valence-corrected chi connectivity index (χ2v) is 6.09. The summed E-state index contributed by atoms with van der Waals surface area (Å²) >= 11 is 11.5. The van der Waals surface area contributed by atoms with Gasteiger partial charge in [-0.3, -0.25) is 9.69 Å². The van der Waals surface area contributed by atoms with Gasteiger partial charge in [0, 0.05) is 11.4 Å². The monoisotopic (exact) mass is 294 g/mol. The summed E-state index contributed by atoms with van der Waals surface area (Å²) < 4.78 is 0. The fourth-order valence-electron chi connectivity index (χ4n) is 2.88. The molecule has 1 aromatic carbocycles. The van der Waals surface area contributed by atoms with E-state index in [-0.39, 0.29) is 23.2 Å². The minimum atomic E-state index is -0.0665. The number of carbonyl (C=O) groups excluding carboxylic acids is 1. The lowest BCUT2D eigenvalue weighted by Crippen LogP contribution is -2.61. The first-order chi connectivity index (χ1) is 9.16. The quantitative estimate of drug-likeness (QED) is 0.638. The van der Waals surface area contributed by atoms with Crippen LogP contribution in [-0.4, -0.2) is 22.4 Å². The Morgan fingerprint density at radius 2 is 2.00 bits per heavy atom. The average molecular weight is 295 g/mol. The summed E-state index contributed by atoms with van der Waals surface area (Å²) in [5.74, 6) is 0.00783. The first kappa shape index (κ1) is 12.9. The summed E-state index contributed by atoms with van der Waals surface area (Å²) in [6, 6.07) is 9.67. The van der Waals surface area contributed by atoms with Gasteiger partial charge in [0.1, 0.15) is 0 Å². The largest absolute Gasteiger partial charge is 0.358 e. The van der Waals surface area contributed by atoms with Gasteiger partial charge >= 0.3 is 0 Å². The fourth-order valence-corrected chi connectivity index (χ4v) is 3.54. The Bertz CT molecular complexity index is 507. The zero-order valence-electron chi connectivity index (χ0n) is 10.4. The summed E-state index contributed by atoms with van der Waals surface area (Å²) in [7, 11) is 0. The van der Waals surface area contributed by atoms with Crippen LogP contribution in [0, 0.1) is 5.92 Å². The molecule has 0 spiro atoms. The molecule has 1 saturated heterocycles. The third kappa shape index (κ3) is 2.35. The zero-order chi connectivity index (χ0) is 13.4. The molecule has 1 aromatic rings. The van der Waals surface area contributed by atoms with Crippen molar-refractivity contribution in [1.29, 1.82) is 0 Å². The van der Waals surface area contributed by atoms with Crippen LogP contribution >= 0.6 is 23.8 Å². The predicted molar refractivity (Wildman–Crippen MR) is 80.4 cm³/mol. The van der Waals surface area contributed by atoms with Crippen molar-refractivity contribution in [3.05, 3.63) is 30.3 Å². The Labute approximate surface area is 122 Å². The molecule has 5 heteroatoms. The Morgan fingerprint density at radius 1 is 1.26 bits per heavy atom. The van der Waals surface area contributed by atoms with Crippen LogP contribution in [-0.2, 0) is 4.79 Å². The highest BCUT2D eigenvalue weighted by molar-refractivity contribution is 7.80. The number of nitrogens with zero attached hydrogens (tertiary/aromatic N) is 1. The van der Waals surface area contributed by atoms with Crippen LogP contribution in [0.5, 0.6) is 0 Å². The van der Waals surface area contributed by atoms with Crippen LogP contribution in [0.2, 0.25) is 0 Å². The van der Waals surface area contributed by atoms with Gasteiger partial charge < -0.3 is 5.32 Å². The molecule has 3 unspecified atom stereocenters. The van der Waals surface area contributed by atoms with Crippen LogP contribution in [0.15, 0.2) is 30.3 Å². The van der Waals surface area contributed by atoms with Gasteiger partial charge in [-0.2, -0.15) is 0 Å². The number of rotatable bonds is 1. The van der Waals surface area contributed by atoms with Gasteiger partial charge in [0.25, 0.3) is 0 Å². The van der Waals surface area contributed by atoms with Gasteiger partial charge in [0.15, 0.2) is 5.11 Å². The number of nitrogens with one attached hydrogen (secondary N) is 1. The molecule has 1 saturated carbocycles. The number of amides is 1. The van der Waals surface area contributed by atoms with E-state index in [0.717, 1.165) is 24.9 Å². The standard InChI is InChI=1S/C14H15ClN2OS/c15-9-6-7-12-11(8-9)13(18)17(14(19)16-12)10-4-2-1-3-5-10/h1-5,9,11-12H,6-8H2,(H,16,19). The van der Waals surface area contributed by atoms with Crippen molar-refractivity contribution >= 4 is 40.5 Å². The molecule has 0 aromatic heterocycles. The van der Waals surface area contributed by atoms with Crippen LogP contribution in [0.25, 0.3) is 0 Å². The number of hydrogen-bond donors (Lipinski definition) is 1. The summed E-state index contributed by atoms with van der Waals surface area (Å²) in [5, 5.41) is 3.89. The maximum atomic E-state index is 12.7.